The van der Waals surface area contributed by atoms with Crippen LogP contribution < -0.4 is 5.73 Å². The Morgan fingerprint density at radius 1 is 1.38 bits per heavy atom. The van der Waals surface area contributed by atoms with Gasteiger partial charge in [-0.2, -0.15) is 0 Å². The first-order chi connectivity index (χ1) is 11.0. The molecule has 0 saturated carbocycles. The molecule has 0 amide bonds. The molecule has 24 heavy (non-hydrogen) atoms. The molecule has 1 fully saturated rings. The van der Waals surface area contributed by atoms with E-state index in [-0.39, 0.29) is 37.5 Å². The van der Waals surface area contributed by atoms with Gasteiger partial charge in [0.15, 0.2) is 5.54 Å². The largest absolute Gasteiger partial charge is 0.388 e. The third-order valence-electron chi connectivity index (χ3n) is 4.31. The number of nitrogens with zero attached hydrogens (tertiary/aromatic N) is 1. The number of ether oxygens (including phenoxy) is 1. The fraction of sp³-hybridized carbons (Fsp3) is 0.562. The Balaban J connectivity index is 2.67. The minimum absolute atomic E-state index is 0.0244. The highest BCUT2D eigenvalue weighted by Crippen LogP contribution is 2.55. The van der Waals surface area contributed by atoms with Gasteiger partial charge in [0.1, 0.15) is 5.82 Å². The molecule has 0 bridgehead atoms. The van der Waals surface area contributed by atoms with Gasteiger partial charge in [-0.15, -0.1) is 0 Å². The van der Waals surface area contributed by atoms with Crippen molar-refractivity contribution in [1.82, 2.24) is 0 Å². The van der Waals surface area contributed by atoms with Gasteiger partial charge in [0.2, 0.25) is 0 Å². The zero-order valence-electron chi connectivity index (χ0n) is 13.4. The zero-order chi connectivity index (χ0) is 18.2. The molecule has 8 heteroatoms. The van der Waals surface area contributed by atoms with E-state index in [9.17, 15) is 4.39 Å². The fourth-order valence-corrected chi connectivity index (χ4v) is 4.29. The smallest absolute Gasteiger partial charge is 0.291 e. The van der Waals surface area contributed by atoms with Crippen LogP contribution >= 0.6 is 38.5 Å². The summed E-state index contributed by atoms with van der Waals surface area (Å²) >= 11 is 5.00. The van der Waals surface area contributed by atoms with Gasteiger partial charge in [-0.1, -0.05) is 38.5 Å². The first-order valence-corrected chi connectivity index (χ1v) is 9.33. The maximum Gasteiger partial charge on any atom is 0.291 e. The fourth-order valence-electron chi connectivity index (χ4n) is 2.97. The monoisotopic (exact) mass is 518 g/mol. The average Bonchev–Trinajstić information content (AvgIpc) is 2.49. The molecule has 2 N–H and O–H groups in total. The van der Waals surface area contributed by atoms with E-state index >= 15 is 8.78 Å². The minimum atomic E-state index is -3.34. The van der Waals surface area contributed by atoms with Gasteiger partial charge < -0.3 is 10.5 Å². The zero-order valence-corrected chi connectivity index (χ0v) is 17.1. The topological polar surface area (TPSA) is 47.6 Å². The van der Waals surface area contributed by atoms with Gasteiger partial charge in [-0.05, 0) is 44.9 Å². The van der Waals surface area contributed by atoms with Crippen LogP contribution in [0.4, 0.5) is 13.2 Å². The van der Waals surface area contributed by atoms with Crippen molar-refractivity contribution in [1.29, 1.82) is 0 Å². The average molecular weight is 519 g/mol. The summed E-state index contributed by atoms with van der Waals surface area (Å²) in [5, 5.41) is 0. The number of halogens is 5. The van der Waals surface area contributed by atoms with Crippen LogP contribution in [0, 0.1) is 5.82 Å². The summed E-state index contributed by atoms with van der Waals surface area (Å²) in [7, 11) is 0. The summed E-state index contributed by atoms with van der Waals surface area (Å²) in [6.07, 6.45) is 0.315. The highest BCUT2D eigenvalue weighted by Gasteiger charge is 2.64. The second-order valence-electron chi connectivity index (χ2n) is 6.10. The summed E-state index contributed by atoms with van der Waals surface area (Å²) in [5.74, 6) is -4.10. The highest BCUT2D eigenvalue weighted by molar-refractivity contribution is 14.1. The lowest BCUT2D eigenvalue weighted by atomic mass is 9.76. The SMILES string of the molecule is CC(N)=NC(C)(c1cc(Br)ccc1F)C(F)(F)C1(I)CCOCC1. The molecule has 1 aliphatic rings. The number of aliphatic imine (C=N–C) groups is 1. The second-order valence-corrected chi connectivity index (χ2v) is 9.08. The van der Waals surface area contributed by atoms with E-state index in [0.29, 0.717) is 4.47 Å². The number of amidine groups is 1. The predicted octanol–water partition coefficient (Wildman–Crippen LogP) is 4.80. The summed E-state index contributed by atoms with van der Waals surface area (Å²) in [4.78, 5) is 4.01. The lowest BCUT2D eigenvalue weighted by Gasteiger charge is -2.46. The van der Waals surface area contributed by atoms with Crippen LogP contribution in [-0.4, -0.2) is 28.4 Å². The van der Waals surface area contributed by atoms with Gasteiger partial charge in [-0.3, -0.25) is 4.99 Å². The highest BCUT2D eigenvalue weighted by atomic mass is 127. The van der Waals surface area contributed by atoms with E-state index in [4.69, 9.17) is 10.5 Å². The molecule has 0 aromatic heterocycles. The Labute approximate surface area is 161 Å². The molecule has 2 rings (SSSR count). The van der Waals surface area contributed by atoms with Crippen molar-refractivity contribution in [3.63, 3.8) is 0 Å². The van der Waals surface area contributed by atoms with Crippen LogP contribution in [0.3, 0.4) is 0 Å². The van der Waals surface area contributed by atoms with E-state index in [1.165, 1.54) is 26.0 Å². The third-order valence-corrected chi connectivity index (χ3v) is 6.56. The standard InChI is InChI=1S/C16H19BrF3IN2O/c1-10(22)23-14(2,12-9-11(17)3-4-13(12)18)16(19,20)15(21)5-7-24-8-6-15/h3-4,9H,5-8H2,1-2H3,(H2,22,23). The molecule has 1 aliphatic heterocycles. The lowest BCUT2D eigenvalue weighted by Crippen LogP contribution is -2.58. The summed E-state index contributed by atoms with van der Waals surface area (Å²) in [6.45, 7) is 3.14. The Kier molecular flexibility index (Phi) is 5.91. The van der Waals surface area contributed by atoms with Gasteiger partial charge in [-0.25, -0.2) is 13.2 Å². The predicted molar refractivity (Wildman–Crippen MR) is 100 cm³/mol. The first kappa shape index (κ1) is 20.0. The number of benzene rings is 1. The quantitative estimate of drug-likeness (QED) is 0.269. The molecule has 0 aliphatic carbocycles. The Hall–Kier alpha value is -0.350. The van der Waals surface area contributed by atoms with Crippen molar-refractivity contribution < 1.29 is 17.9 Å². The van der Waals surface area contributed by atoms with Gasteiger partial charge in [0, 0.05) is 23.2 Å². The second kappa shape index (κ2) is 7.11. The van der Waals surface area contributed by atoms with E-state index in [2.05, 4.69) is 20.9 Å². The Morgan fingerprint density at radius 2 is 1.96 bits per heavy atom. The van der Waals surface area contributed by atoms with Crippen LogP contribution in [0.15, 0.2) is 27.7 Å². The summed E-state index contributed by atoms with van der Waals surface area (Å²) in [5.41, 5.74) is 3.32. The molecule has 0 radical (unpaired) electrons. The van der Waals surface area contributed by atoms with Crippen LogP contribution in [0.5, 0.6) is 0 Å². The summed E-state index contributed by atoms with van der Waals surface area (Å²) < 4.78 is 50.2. The van der Waals surface area contributed by atoms with Crippen LogP contribution in [0.1, 0.15) is 32.3 Å². The molecule has 1 heterocycles. The van der Waals surface area contributed by atoms with Crippen molar-refractivity contribution >= 4 is 44.4 Å². The molecule has 3 nitrogen and oxygen atoms in total. The molecule has 1 atom stereocenters. The van der Waals surface area contributed by atoms with Crippen molar-refractivity contribution in [2.75, 3.05) is 13.2 Å². The maximum atomic E-state index is 15.7. The Bertz CT molecular complexity index is 646. The summed E-state index contributed by atoms with van der Waals surface area (Å²) in [6, 6.07) is 3.96. The molecule has 1 aromatic rings. The number of rotatable bonds is 4. The first-order valence-electron chi connectivity index (χ1n) is 7.45. The molecule has 1 saturated heterocycles. The van der Waals surface area contributed by atoms with Gasteiger partial charge in [0.05, 0.1) is 9.26 Å². The van der Waals surface area contributed by atoms with E-state index in [0.717, 1.165) is 6.07 Å². The van der Waals surface area contributed by atoms with Crippen molar-refractivity contribution in [3.8, 4) is 0 Å². The number of alkyl halides is 3. The van der Waals surface area contributed by atoms with Gasteiger partial charge in [0.25, 0.3) is 5.92 Å². The minimum Gasteiger partial charge on any atom is -0.388 e. The Morgan fingerprint density at radius 3 is 2.50 bits per heavy atom. The molecule has 1 unspecified atom stereocenters. The van der Waals surface area contributed by atoms with Crippen LogP contribution in [0.25, 0.3) is 0 Å². The van der Waals surface area contributed by atoms with Crippen molar-refractivity contribution in [2.24, 2.45) is 10.7 Å². The van der Waals surface area contributed by atoms with Gasteiger partial charge >= 0.3 is 0 Å². The third kappa shape index (κ3) is 3.46. The number of nitrogens with two attached hydrogens (primary N) is 1. The lowest BCUT2D eigenvalue weighted by molar-refractivity contribution is -0.121. The van der Waals surface area contributed by atoms with E-state index in [1.54, 1.807) is 22.6 Å². The number of hydrogen-bond donors (Lipinski definition) is 1. The molecule has 1 aromatic carbocycles. The number of hydrogen-bond acceptors (Lipinski definition) is 2. The van der Waals surface area contributed by atoms with E-state index in [1.807, 2.05) is 0 Å². The van der Waals surface area contributed by atoms with E-state index < -0.39 is 20.7 Å². The molecule has 0 spiro atoms. The molecular weight excluding hydrogens is 500 g/mol. The van der Waals surface area contributed by atoms with Crippen molar-refractivity contribution in [3.05, 3.63) is 34.1 Å². The van der Waals surface area contributed by atoms with Crippen LogP contribution in [-0.2, 0) is 10.3 Å². The van der Waals surface area contributed by atoms with Crippen LogP contribution in [0.2, 0.25) is 0 Å². The molecular formula is C16H19BrF3IN2O. The normalized spacial score (nSPS) is 21.4. The van der Waals surface area contributed by atoms with Crippen molar-refractivity contribution in [2.45, 2.75) is 41.6 Å². The maximum absolute atomic E-state index is 15.7. The molecule has 134 valence electrons.